The fourth-order valence-electron chi connectivity index (χ4n) is 2.54. The number of hydrogen-bond donors (Lipinski definition) is 1. The average Bonchev–Trinajstić information content (AvgIpc) is 3.32. The van der Waals surface area contributed by atoms with Gasteiger partial charge in [0.25, 0.3) is 0 Å². The highest BCUT2D eigenvalue weighted by molar-refractivity contribution is 7.90. The number of sulfone groups is 1. The summed E-state index contributed by atoms with van der Waals surface area (Å²) in [6, 6.07) is 10.6. The van der Waals surface area contributed by atoms with E-state index in [2.05, 4.69) is 15.5 Å². The lowest BCUT2D eigenvalue weighted by molar-refractivity contribution is -0.121. The number of hydrogen-bond acceptors (Lipinski definition) is 7. The summed E-state index contributed by atoms with van der Waals surface area (Å²) < 4.78 is 29.9. The van der Waals surface area contributed by atoms with Gasteiger partial charge in [-0.25, -0.2) is 8.42 Å². The standard InChI is InChI=1S/C19H21N3O4S2/c1-14-4-6-16(7-5-14)28(24,25)13-17-21-19(26-22-17)9-8-18(23)20-11-10-15-3-2-12-27-15/h2-7,12H,8-11,13H2,1H3,(H,20,23). The zero-order valence-electron chi connectivity index (χ0n) is 15.4. The van der Waals surface area contributed by atoms with Crippen LogP contribution in [0.15, 0.2) is 51.2 Å². The van der Waals surface area contributed by atoms with Crippen molar-refractivity contribution in [1.29, 1.82) is 0 Å². The first-order valence-corrected chi connectivity index (χ1v) is 11.4. The summed E-state index contributed by atoms with van der Waals surface area (Å²) >= 11 is 1.66. The Morgan fingerprint density at radius 3 is 2.68 bits per heavy atom. The maximum absolute atomic E-state index is 12.4. The molecule has 148 valence electrons. The van der Waals surface area contributed by atoms with Crippen molar-refractivity contribution >= 4 is 27.1 Å². The van der Waals surface area contributed by atoms with Gasteiger partial charge in [0.2, 0.25) is 11.8 Å². The first-order chi connectivity index (χ1) is 13.4. The van der Waals surface area contributed by atoms with Crippen molar-refractivity contribution in [3.63, 3.8) is 0 Å². The minimum atomic E-state index is -3.54. The van der Waals surface area contributed by atoms with Crippen LogP contribution in [0.1, 0.15) is 28.6 Å². The van der Waals surface area contributed by atoms with E-state index in [9.17, 15) is 13.2 Å². The number of thiophene rings is 1. The van der Waals surface area contributed by atoms with E-state index in [-0.39, 0.29) is 41.1 Å². The number of amides is 1. The third kappa shape index (κ3) is 5.74. The van der Waals surface area contributed by atoms with E-state index < -0.39 is 9.84 Å². The van der Waals surface area contributed by atoms with Gasteiger partial charge in [0.05, 0.1) is 4.90 Å². The zero-order valence-corrected chi connectivity index (χ0v) is 17.1. The molecule has 3 rings (SSSR count). The normalized spacial score (nSPS) is 11.5. The Bertz CT molecular complexity index is 1010. The van der Waals surface area contributed by atoms with E-state index >= 15 is 0 Å². The third-order valence-corrected chi connectivity index (χ3v) is 6.61. The summed E-state index contributed by atoms with van der Waals surface area (Å²) in [5, 5.41) is 8.57. The van der Waals surface area contributed by atoms with Gasteiger partial charge in [-0.2, -0.15) is 4.98 Å². The molecule has 0 saturated heterocycles. The van der Waals surface area contributed by atoms with E-state index in [0.29, 0.717) is 6.54 Å². The lowest BCUT2D eigenvalue weighted by Gasteiger charge is -2.02. The number of rotatable bonds is 9. The number of nitrogens with one attached hydrogen (secondary N) is 1. The second-order valence-corrected chi connectivity index (χ2v) is 9.38. The molecular weight excluding hydrogens is 398 g/mol. The van der Waals surface area contributed by atoms with Crippen molar-refractivity contribution in [3.05, 3.63) is 63.9 Å². The van der Waals surface area contributed by atoms with Gasteiger partial charge >= 0.3 is 0 Å². The molecular formula is C19H21N3O4S2. The molecule has 0 unspecified atom stereocenters. The molecule has 0 aliphatic carbocycles. The molecule has 1 amide bonds. The molecule has 0 aliphatic rings. The fourth-order valence-corrected chi connectivity index (χ4v) is 4.42. The van der Waals surface area contributed by atoms with Gasteiger partial charge in [-0.05, 0) is 36.9 Å². The molecule has 0 aliphatic heterocycles. The summed E-state index contributed by atoms with van der Waals surface area (Å²) in [7, 11) is -3.54. The topological polar surface area (TPSA) is 102 Å². The first kappa shape index (κ1) is 20.2. The van der Waals surface area contributed by atoms with Gasteiger partial charge in [-0.15, -0.1) is 11.3 Å². The van der Waals surface area contributed by atoms with E-state index in [1.807, 2.05) is 24.4 Å². The number of carbonyl (C=O) groups excluding carboxylic acids is 1. The smallest absolute Gasteiger partial charge is 0.227 e. The summed E-state index contributed by atoms with van der Waals surface area (Å²) in [5.74, 6) is -0.105. The molecule has 9 heteroatoms. The molecule has 0 radical (unpaired) electrons. The van der Waals surface area contributed by atoms with E-state index in [1.165, 1.54) is 4.88 Å². The van der Waals surface area contributed by atoms with Crippen LogP contribution in [-0.2, 0) is 33.2 Å². The predicted octanol–water partition coefficient (Wildman–Crippen LogP) is 2.70. The van der Waals surface area contributed by atoms with E-state index in [1.54, 1.807) is 35.6 Å². The molecule has 0 fully saturated rings. The first-order valence-electron chi connectivity index (χ1n) is 8.82. The van der Waals surface area contributed by atoms with Gasteiger partial charge in [-0.3, -0.25) is 4.79 Å². The Kier molecular flexibility index (Phi) is 6.58. The number of aryl methyl sites for hydroxylation is 2. The molecule has 0 bridgehead atoms. The maximum atomic E-state index is 12.4. The van der Waals surface area contributed by atoms with Crippen LogP contribution in [0.5, 0.6) is 0 Å². The SMILES string of the molecule is Cc1ccc(S(=O)(=O)Cc2noc(CCC(=O)NCCc3cccs3)n2)cc1. The molecule has 1 N–H and O–H groups in total. The molecule has 28 heavy (non-hydrogen) atoms. The van der Waals surface area contributed by atoms with Crippen LogP contribution < -0.4 is 5.32 Å². The highest BCUT2D eigenvalue weighted by atomic mass is 32.2. The lowest BCUT2D eigenvalue weighted by Crippen LogP contribution is -2.25. The average molecular weight is 420 g/mol. The largest absolute Gasteiger partial charge is 0.356 e. The molecule has 7 nitrogen and oxygen atoms in total. The zero-order chi connectivity index (χ0) is 20.0. The van der Waals surface area contributed by atoms with Crippen molar-refractivity contribution < 1.29 is 17.7 Å². The molecule has 0 spiro atoms. The van der Waals surface area contributed by atoms with Gasteiger partial charge in [0.1, 0.15) is 5.75 Å². The van der Waals surface area contributed by atoms with Crippen molar-refractivity contribution in [2.75, 3.05) is 6.54 Å². The maximum Gasteiger partial charge on any atom is 0.227 e. The Balaban J connectivity index is 1.47. The van der Waals surface area contributed by atoms with Crippen molar-refractivity contribution in [2.24, 2.45) is 0 Å². The highest BCUT2D eigenvalue weighted by Crippen LogP contribution is 2.16. The summed E-state index contributed by atoms with van der Waals surface area (Å²) in [4.78, 5) is 17.4. The summed E-state index contributed by atoms with van der Waals surface area (Å²) in [5.41, 5.74) is 0.981. The van der Waals surface area contributed by atoms with Crippen LogP contribution in [0.2, 0.25) is 0 Å². The fraction of sp³-hybridized carbons (Fsp3) is 0.316. The van der Waals surface area contributed by atoms with E-state index in [4.69, 9.17) is 4.52 Å². The van der Waals surface area contributed by atoms with Crippen molar-refractivity contribution in [3.8, 4) is 0 Å². The van der Waals surface area contributed by atoms with Crippen LogP contribution >= 0.6 is 11.3 Å². The van der Waals surface area contributed by atoms with Crippen molar-refractivity contribution in [1.82, 2.24) is 15.5 Å². The second-order valence-electron chi connectivity index (χ2n) is 6.36. The summed E-state index contributed by atoms with van der Waals surface area (Å²) in [6.07, 6.45) is 1.27. The monoisotopic (exact) mass is 419 g/mol. The van der Waals surface area contributed by atoms with Gasteiger partial charge in [0.15, 0.2) is 15.7 Å². The van der Waals surface area contributed by atoms with Crippen LogP contribution in [-0.4, -0.2) is 31.0 Å². The molecule has 1 aromatic carbocycles. The van der Waals surface area contributed by atoms with Crippen LogP contribution in [0.4, 0.5) is 0 Å². The Labute approximate surface area is 167 Å². The Morgan fingerprint density at radius 1 is 1.18 bits per heavy atom. The third-order valence-electron chi connectivity index (χ3n) is 4.05. The highest BCUT2D eigenvalue weighted by Gasteiger charge is 2.19. The van der Waals surface area contributed by atoms with Gasteiger partial charge in [-0.1, -0.05) is 28.9 Å². The number of aromatic nitrogens is 2. The van der Waals surface area contributed by atoms with Crippen LogP contribution in [0.25, 0.3) is 0 Å². The molecule has 0 atom stereocenters. The van der Waals surface area contributed by atoms with Gasteiger partial charge in [0, 0.05) is 24.3 Å². The minimum absolute atomic E-state index is 0.0914. The Hall–Kier alpha value is -2.52. The molecule has 0 saturated carbocycles. The molecule has 2 aromatic heterocycles. The van der Waals surface area contributed by atoms with Crippen LogP contribution in [0, 0.1) is 6.92 Å². The minimum Gasteiger partial charge on any atom is -0.356 e. The van der Waals surface area contributed by atoms with E-state index in [0.717, 1.165) is 12.0 Å². The Morgan fingerprint density at radius 2 is 1.96 bits per heavy atom. The number of benzene rings is 1. The lowest BCUT2D eigenvalue weighted by atomic mass is 10.2. The molecule has 3 aromatic rings. The number of carbonyl (C=O) groups is 1. The van der Waals surface area contributed by atoms with Crippen LogP contribution in [0.3, 0.4) is 0 Å². The second kappa shape index (κ2) is 9.11. The summed E-state index contributed by atoms with van der Waals surface area (Å²) in [6.45, 7) is 2.46. The van der Waals surface area contributed by atoms with Crippen molar-refractivity contribution in [2.45, 2.75) is 36.8 Å². The van der Waals surface area contributed by atoms with Gasteiger partial charge < -0.3 is 9.84 Å². The predicted molar refractivity (Wildman–Crippen MR) is 106 cm³/mol. The number of nitrogens with zero attached hydrogens (tertiary/aromatic N) is 2. The molecule has 2 heterocycles. The quantitative estimate of drug-likeness (QED) is 0.572.